The minimum Gasteiger partial charge on any atom is -0.329 e. The number of pyridine rings is 1. The van der Waals surface area contributed by atoms with Crippen molar-refractivity contribution < 1.29 is 5.73 Å². The number of nitrogens with zero attached hydrogens (tertiary/aromatic N) is 1. The van der Waals surface area contributed by atoms with Gasteiger partial charge in [0, 0.05) is 33.3 Å². The molecule has 0 amide bonds. The Morgan fingerprint density at radius 2 is 1.18 bits per heavy atom. The zero-order valence-corrected chi connectivity index (χ0v) is 16.9. The first-order chi connectivity index (χ1) is 13.7. The Morgan fingerprint density at radius 1 is 0.679 bits per heavy atom. The molecule has 1 unspecified atom stereocenters. The standard InChI is InChI=1S/C24H20BrN3/c25-24(26)28-23-22(20-9-5-2-6-10-20)15-21(16-27-23)19-13-11-18(12-14-19)17-7-3-1-4-8-17/h1-16,24H,26H2,(H,27,28)/p+1. The van der Waals surface area contributed by atoms with Crippen molar-refractivity contribution in [1.29, 1.82) is 0 Å². The Hall–Kier alpha value is -2.95. The fourth-order valence-electron chi connectivity index (χ4n) is 3.21. The largest absolute Gasteiger partial charge is 0.329 e. The summed E-state index contributed by atoms with van der Waals surface area (Å²) in [6.45, 7) is 0. The molecule has 0 radical (unpaired) electrons. The molecule has 4 heteroatoms. The van der Waals surface area contributed by atoms with E-state index in [0.717, 1.165) is 28.1 Å². The van der Waals surface area contributed by atoms with Crippen LogP contribution in [0, 0.1) is 0 Å². The minimum atomic E-state index is -0.113. The van der Waals surface area contributed by atoms with E-state index >= 15 is 0 Å². The fourth-order valence-corrected chi connectivity index (χ4v) is 3.43. The van der Waals surface area contributed by atoms with Gasteiger partial charge in [0.05, 0.1) is 0 Å². The van der Waals surface area contributed by atoms with Crippen LogP contribution in [0.15, 0.2) is 97.2 Å². The van der Waals surface area contributed by atoms with Gasteiger partial charge in [0.2, 0.25) is 5.08 Å². The number of rotatable bonds is 5. The van der Waals surface area contributed by atoms with Crippen LogP contribution in [0.1, 0.15) is 0 Å². The van der Waals surface area contributed by atoms with Crippen LogP contribution in [0.4, 0.5) is 5.82 Å². The second-order valence-electron chi connectivity index (χ2n) is 6.54. The zero-order valence-electron chi connectivity index (χ0n) is 15.3. The normalized spacial score (nSPS) is 11.8. The van der Waals surface area contributed by atoms with Crippen LogP contribution in [-0.2, 0) is 0 Å². The maximum atomic E-state index is 4.67. The number of nitrogens with one attached hydrogen (secondary N) is 1. The average molecular weight is 431 g/mol. The van der Waals surface area contributed by atoms with E-state index in [-0.39, 0.29) is 5.08 Å². The molecule has 4 rings (SSSR count). The molecule has 0 aliphatic heterocycles. The van der Waals surface area contributed by atoms with Gasteiger partial charge >= 0.3 is 0 Å². The highest BCUT2D eigenvalue weighted by Gasteiger charge is 2.12. The van der Waals surface area contributed by atoms with E-state index in [2.05, 4.69) is 98.7 Å². The summed E-state index contributed by atoms with van der Waals surface area (Å²) < 4.78 is 0. The molecule has 1 aromatic heterocycles. The van der Waals surface area contributed by atoms with E-state index in [0.29, 0.717) is 0 Å². The summed E-state index contributed by atoms with van der Waals surface area (Å²) in [6.07, 6.45) is 1.90. The lowest BCUT2D eigenvalue weighted by Gasteiger charge is -2.13. The topological polar surface area (TPSA) is 52.6 Å². The Labute approximate surface area is 173 Å². The Kier molecular flexibility index (Phi) is 5.51. The maximum absolute atomic E-state index is 4.67. The smallest absolute Gasteiger partial charge is 0.215 e. The summed E-state index contributed by atoms with van der Waals surface area (Å²) in [5.74, 6) is 0.813. The maximum Gasteiger partial charge on any atom is 0.215 e. The van der Waals surface area contributed by atoms with Crippen molar-refractivity contribution in [2.24, 2.45) is 0 Å². The van der Waals surface area contributed by atoms with Gasteiger partial charge in [-0.3, -0.25) is 0 Å². The van der Waals surface area contributed by atoms with Gasteiger partial charge in [-0.25, -0.2) is 4.98 Å². The number of alkyl halides is 1. The van der Waals surface area contributed by atoms with Crippen LogP contribution in [0.5, 0.6) is 0 Å². The summed E-state index contributed by atoms with van der Waals surface area (Å²) >= 11 is 3.45. The lowest BCUT2D eigenvalue weighted by molar-refractivity contribution is -0.373. The number of halogens is 1. The van der Waals surface area contributed by atoms with Gasteiger partial charge in [-0.1, -0.05) is 84.9 Å². The molecular formula is C24H21BrN3+. The van der Waals surface area contributed by atoms with E-state index in [1.807, 2.05) is 30.5 Å². The lowest BCUT2D eigenvalue weighted by Crippen LogP contribution is -2.61. The van der Waals surface area contributed by atoms with Crippen LogP contribution in [0.2, 0.25) is 0 Å². The molecule has 4 N–H and O–H groups in total. The Bertz CT molecular complexity index is 1050. The number of hydrogen-bond donors (Lipinski definition) is 2. The van der Waals surface area contributed by atoms with Crippen molar-refractivity contribution in [2.75, 3.05) is 5.32 Å². The molecule has 3 nitrogen and oxygen atoms in total. The summed E-state index contributed by atoms with van der Waals surface area (Å²) in [5.41, 5.74) is 10.8. The van der Waals surface area contributed by atoms with Gasteiger partial charge in [0.15, 0.2) is 0 Å². The highest BCUT2D eigenvalue weighted by Crippen LogP contribution is 2.32. The van der Waals surface area contributed by atoms with E-state index in [4.69, 9.17) is 0 Å². The number of benzene rings is 3. The fraction of sp³-hybridized carbons (Fsp3) is 0.0417. The number of anilines is 1. The summed E-state index contributed by atoms with van der Waals surface area (Å²) in [7, 11) is 0. The van der Waals surface area contributed by atoms with E-state index in [1.165, 1.54) is 11.1 Å². The predicted octanol–water partition coefficient (Wildman–Crippen LogP) is 5.41. The quantitative estimate of drug-likeness (QED) is 0.252. The number of aromatic nitrogens is 1. The molecule has 3 aromatic carbocycles. The van der Waals surface area contributed by atoms with Gasteiger partial charge in [-0.2, -0.15) is 0 Å². The molecule has 0 aliphatic carbocycles. The predicted molar refractivity (Wildman–Crippen MR) is 120 cm³/mol. The van der Waals surface area contributed by atoms with Crippen molar-refractivity contribution in [3.05, 3.63) is 97.2 Å². The average Bonchev–Trinajstić information content (AvgIpc) is 2.75. The molecular weight excluding hydrogens is 410 g/mol. The second kappa shape index (κ2) is 8.38. The summed E-state index contributed by atoms with van der Waals surface area (Å²) in [6, 6.07) is 31.5. The first-order valence-corrected chi connectivity index (χ1v) is 10.1. The summed E-state index contributed by atoms with van der Waals surface area (Å²) in [5, 5.41) is 3.16. The van der Waals surface area contributed by atoms with E-state index in [1.54, 1.807) is 0 Å². The van der Waals surface area contributed by atoms with Gasteiger partial charge in [0.25, 0.3) is 0 Å². The number of hydrogen-bond acceptors (Lipinski definition) is 2. The first kappa shape index (κ1) is 18.4. The molecule has 28 heavy (non-hydrogen) atoms. The van der Waals surface area contributed by atoms with Crippen LogP contribution in [0.25, 0.3) is 33.4 Å². The lowest BCUT2D eigenvalue weighted by atomic mass is 9.98. The van der Waals surface area contributed by atoms with Crippen molar-refractivity contribution >= 4 is 21.7 Å². The van der Waals surface area contributed by atoms with Crippen molar-refractivity contribution in [3.8, 4) is 33.4 Å². The minimum absolute atomic E-state index is 0.113. The van der Waals surface area contributed by atoms with E-state index in [9.17, 15) is 0 Å². The third-order valence-corrected chi connectivity index (χ3v) is 4.82. The molecule has 1 heterocycles. The molecule has 0 bridgehead atoms. The van der Waals surface area contributed by atoms with Gasteiger partial charge in [-0.15, -0.1) is 0 Å². The highest BCUT2D eigenvalue weighted by atomic mass is 79.9. The van der Waals surface area contributed by atoms with Crippen molar-refractivity contribution in [2.45, 2.75) is 5.08 Å². The molecule has 0 spiro atoms. The molecule has 0 aliphatic rings. The van der Waals surface area contributed by atoms with Crippen LogP contribution >= 0.6 is 15.9 Å². The SMILES string of the molecule is [NH3+]C(Br)Nc1ncc(-c2ccc(-c3ccccc3)cc2)cc1-c1ccccc1. The monoisotopic (exact) mass is 430 g/mol. The third-order valence-electron chi connectivity index (χ3n) is 4.59. The van der Waals surface area contributed by atoms with E-state index < -0.39 is 0 Å². The van der Waals surface area contributed by atoms with Crippen LogP contribution in [0.3, 0.4) is 0 Å². The Morgan fingerprint density at radius 3 is 1.75 bits per heavy atom. The molecule has 0 saturated heterocycles. The molecule has 0 fully saturated rings. The van der Waals surface area contributed by atoms with Crippen LogP contribution < -0.4 is 11.1 Å². The first-order valence-electron chi connectivity index (χ1n) is 9.16. The molecule has 0 saturated carbocycles. The number of quaternary nitrogens is 1. The molecule has 4 aromatic rings. The van der Waals surface area contributed by atoms with Gasteiger partial charge in [-0.05, 0) is 28.3 Å². The van der Waals surface area contributed by atoms with Gasteiger partial charge < -0.3 is 11.1 Å². The van der Waals surface area contributed by atoms with Crippen molar-refractivity contribution in [1.82, 2.24) is 4.98 Å². The summed E-state index contributed by atoms with van der Waals surface area (Å²) in [4.78, 5) is 4.67. The highest BCUT2D eigenvalue weighted by molar-refractivity contribution is 9.09. The molecule has 1 atom stereocenters. The Balaban J connectivity index is 1.72. The van der Waals surface area contributed by atoms with Crippen LogP contribution in [-0.4, -0.2) is 10.1 Å². The van der Waals surface area contributed by atoms with Crippen molar-refractivity contribution in [3.63, 3.8) is 0 Å². The second-order valence-corrected chi connectivity index (χ2v) is 7.65. The van der Waals surface area contributed by atoms with Gasteiger partial charge in [0.1, 0.15) is 5.82 Å². The molecule has 138 valence electrons. The zero-order chi connectivity index (χ0) is 19.3. The third kappa shape index (κ3) is 4.14.